The maximum Gasteiger partial charge on any atom is 0.416 e. The Labute approximate surface area is 227 Å². The molecule has 0 radical (unpaired) electrons. The first-order valence-corrected chi connectivity index (χ1v) is 13.1. The number of aryl methyl sites for hydroxylation is 1. The van der Waals surface area contributed by atoms with E-state index in [9.17, 15) is 23.1 Å². The molecule has 1 atom stereocenters. The zero-order valence-corrected chi connectivity index (χ0v) is 21.9. The van der Waals surface area contributed by atoms with Gasteiger partial charge in [-0.15, -0.1) is 0 Å². The molecule has 3 heterocycles. The van der Waals surface area contributed by atoms with Crippen LogP contribution in [0.1, 0.15) is 47.9 Å². The molecular weight excluding hydrogens is 521 g/mol. The number of aromatic carboxylic acids is 1. The van der Waals surface area contributed by atoms with Crippen molar-refractivity contribution in [3.05, 3.63) is 71.7 Å². The number of hydrogen-bond acceptors (Lipinski definition) is 5. The van der Waals surface area contributed by atoms with E-state index in [0.717, 1.165) is 47.9 Å². The third-order valence-corrected chi connectivity index (χ3v) is 7.78. The lowest BCUT2D eigenvalue weighted by molar-refractivity contribution is -0.137. The topological polar surface area (TPSA) is 97.9 Å². The number of benzene rings is 2. The number of carbonyl (C=O) groups is 1. The van der Waals surface area contributed by atoms with Gasteiger partial charge >= 0.3 is 12.1 Å². The molecule has 40 heavy (non-hydrogen) atoms. The van der Waals surface area contributed by atoms with E-state index < -0.39 is 17.7 Å². The largest absolute Gasteiger partial charge is 0.475 e. The van der Waals surface area contributed by atoms with E-state index in [-0.39, 0.29) is 24.1 Å². The highest BCUT2D eigenvalue weighted by Crippen LogP contribution is 2.35. The highest BCUT2D eigenvalue weighted by Gasteiger charge is 2.30. The Kier molecular flexibility index (Phi) is 6.24. The summed E-state index contributed by atoms with van der Waals surface area (Å²) in [5.41, 5.74) is 2.38. The lowest BCUT2D eigenvalue weighted by atomic mass is 9.80. The highest BCUT2D eigenvalue weighted by atomic mass is 19.4. The molecule has 206 valence electrons. The molecule has 0 saturated heterocycles. The number of fused-ring (bicyclic) bond motifs is 2. The van der Waals surface area contributed by atoms with E-state index in [1.165, 1.54) is 12.1 Å². The van der Waals surface area contributed by atoms with Gasteiger partial charge in [-0.25, -0.2) is 19.7 Å². The number of alkyl halides is 3. The van der Waals surface area contributed by atoms with Crippen molar-refractivity contribution in [2.75, 3.05) is 5.32 Å². The van der Waals surface area contributed by atoms with Crippen molar-refractivity contribution in [3.8, 4) is 11.4 Å². The van der Waals surface area contributed by atoms with E-state index in [1.54, 1.807) is 0 Å². The Morgan fingerprint density at radius 3 is 2.50 bits per heavy atom. The standard InChI is InChI=1S/C29H27F3N6O2/c1-16(18-4-3-5-18)33-24-23-25(35-26(34-24)28(39)40)36-27(20-8-11-22-19(14-20)12-13-37(22)2)38(23)15-17-6-9-21(10-7-17)29(30,31)32/h6-14,16,18H,3-5,15H2,1-2H3,(H,39,40)(H,33,34,35)/t16-/m1/s1. The fraction of sp³-hybridized carbons (Fsp3) is 0.310. The summed E-state index contributed by atoms with van der Waals surface area (Å²) in [5.74, 6) is -0.361. The van der Waals surface area contributed by atoms with Gasteiger partial charge in [0.05, 0.1) is 5.56 Å². The van der Waals surface area contributed by atoms with Gasteiger partial charge in [0.1, 0.15) is 11.3 Å². The van der Waals surface area contributed by atoms with Crippen LogP contribution in [0.25, 0.3) is 33.5 Å². The van der Waals surface area contributed by atoms with E-state index in [0.29, 0.717) is 28.6 Å². The van der Waals surface area contributed by atoms with E-state index in [4.69, 9.17) is 4.98 Å². The van der Waals surface area contributed by atoms with Gasteiger partial charge in [-0.3, -0.25) is 0 Å². The minimum absolute atomic E-state index is 0.0343. The van der Waals surface area contributed by atoms with Gasteiger partial charge in [0.25, 0.3) is 0 Å². The maximum atomic E-state index is 13.2. The third kappa shape index (κ3) is 4.65. The van der Waals surface area contributed by atoms with Crippen molar-refractivity contribution >= 4 is 33.9 Å². The molecule has 8 nitrogen and oxygen atoms in total. The summed E-state index contributed by atoms with van der Waals surface area (Å²) in [6.07, 6.45) is 0.803. The van der Waals surface area contributed by atoms with Crippen molar-refractivity contribution < 1.29 is 23.1 Å². The van der Waals surface area contributed by atoms with Crippen LogP contribution in [0.2, 0.25) is 0 Å². The molecule has 11 heteroatoms. The Balaban J connectivity index is 1.54. The fourth-order valence-electron chi connectivity index (χ4n) is 5.28. The number of aromatic nitrogens is 5. The SMILES string of the molecule is C[C@@H](Nc1nc(C(=O)O)nc2nc(-c3ccc4c(ccn4C)c3)n(Cc3ccc(C(F)(F)F)cc3)c12)C1CCC1. The van der Waals surface area contributed by atoms with E-state index in [2.05, 4.69) is 15.3 Å². The van der Waals surface area contributed by atoms with Gasteiger partial charge in [0.15, 0.2) is 11.5 Å². The molecule has 0 bridgehead atoms. The van der Waals surface area contributed by atoms with Gasteiger partial charge in [0.2, 0.25) is 5.82 Å². The van der Waals surface area contributed by atoms with E-state index >= 15 is 0 Å². The van der Waals surface area contributed by atoms with Gasteiger partial charge < -0.3 is 19.6 Å². The zero-order chi connectivity index (χ0) is 28.2. The molecule has 0 spiro atoms. The van der Waals surface area contributed by atoms with E-state index in [1.807, 2.05) is 53.6 Å². The minimum atomic E-state index is -4.44. The quantitative estimate of drug-likeness (QED) is 0.246. The Morgan fingerprint density at radius 1 is 1.10 bits per heavy atom. The van der Waals surface area contributed by atoms with Gasteiger partial charge in [-0.2, -0.15) is 13.2 Å². The molecular formula is C29H27F3N6O2. The average Bonchev–Trinajstić information content (AvgIpc) is 3.42. The summed E-state index contributed by atoms with van der Waals surface area (Å²) in [6, 6.07) is 12.9. The molecule has 2 aromatic carbocycles. The van der Waals surface area contributed by atoms with Crippen LogP contribution < -0.4 is 5.32 Å². The van der Waals surface area contributed by atoms with Crippen LogP contribution in [0.3, 0.4) is 0 Å². The second-order valence-corrected chi connectivity index (χ2v) is 10.4. The van der Waals surface area contributed by atoms with Crippen molar-refractivity contribution in [2.45, 2.75) is 44.9 Å². The second kappa shape index (κ2) is 9.65. The van der Waals surface area contributed by atoms with Crippen LogP contribution in [-0.4, -0.2) is 41.2 Å². The molecule has 6 rings (SSSR count). The number of carboxylic acid groups (broad SMARTS) is 1. The molecule has 1 fully saturated rings. The van der Waals surface area contributed by atoms with Crippen molar-refractivity contribution in [3.63, 3.8) is 0 Å². The number of carboxylic acids is 1. The van der Waals surface area contributed by atoms with Gasteiger partial charge in [-0.05, 0) is 67.6 Å². The summed E-state index contributed by atoms with van der Waals surface area (Å²) in [4.78, 5) is 25.3. The van der Waals surface area contributed by atoms with Crippen LogP contribution in [0.5, 0.6) is 0 Å². The molecule has 1 aliphatic carbocycles. The number of nitrogens with one attached hydrogen (secondary N) is 1. The summed E-state index contributed by atoms with van der Waals surface area (Å²) in [6.45, 7) is 2.22. The predicted octanol–water partition coefficient (Wildman–Crippen LogP) is 6.35. The smallest absolute Gasteiger partial charge is 0.416 e. The molecule has 1 aliphatic rings. The third-order valence-electron chi connectivity index (χ3n) is 7.78. The molecule has 0 aliphatic heterocycles. The first kappa shape index (κ1) is 25.8. The first-order valence-electron chi connectivity index (χ1n) is 13.1. The van der Waals surface area contributed by atoms with Crippen molar-refractivity contribution in [1.29, 1.82) is 0 Å². The number of rotatable bonds is 7. The summed E-state index contributed by atoms with van der Waals surface area (Å²) in [5, 5.41) is 14.1. The highest BCUT2D eigenvalue weighted by molar-refractivity contribution is 5.93. The average molecular weight is 549 g/mol. The van der Waals surface area contributed by atoms with Crippen LogP contribution in [0.15, 0.2) is 54.7 Å². The molecule has 1 saturated carbocycles. The van der Waals surface area contributed by atoms with Crippen LogP contribution in [0, 0.1) is 5.92 Å². The Hall–Kier alpha value is -4.41. The molecule has 2 N–H and O–H groups in total. The lowest BCUT2D eigenvalue weighted by Crippen LogP contribution is -2.31. The number of anilines is 1. The van der Waals surface area contributed by atoms with Gasteiger partial charge in [-0.1, -0.05) is 18.6 Å². The molecule has 0 unspecified atom stereocenters. The molecule has 0 amide bonds. The van der Waals surface area contributed by atoms with Crippen LogP contribution >= 0.6 is 0 Å². The summed E-state index contributed by atoms with van der Waals surface area (Å²) < 4.78 is 43.5. The van der Waals surface area contributed by atoms with Crippen LogP contribution in [0.4, 0.5) is 19.0 Å². The monoisotopic (exact) mass is 548 g/mol. The minimum Gasteiger partial charge on any atom is -0.475 e. The number of imidazole rings is 1. The molecule has 5 aromatic rings. The maximum absolute atomic E-state index is 13.2. The number of nitrogens with zero attached hydrogens (tertiary/aromatic N) is 5. The summed E-state index contributed by atoms with van der Waals surface area (Å²) in [7, 11) is 1.95. The van der Waals surface area contributed by atoms with Crippen LogP contribution in [-0.2, 0) is 19.8 Å². The van der Waals surface area contributed by atoms with Crippen molar-refractivity contribution in [1.82, 2.24) is 24.1 Å². The number of halogens is 3. The number of hydrogen-bond donors (Lipinski definition) is 2. The fourth-order valence-corrected chi connectivity index (χ4v) is 5.28. The first-order chi connectivity index (χ1) is 19.1. The Bertz CT molecular complexity index is 1740. The normalized spacial score (nSPS) is 14.9. The lowest BCUT2D eigenvalue weighted by Gasteiger charge is -2.32. The zero-order valence-electron chi connectivity index (χ0n) is 21.9. The molecule has 3 aromatic heterocycles. The van der Waals surface area contributed by atoms with Gasteiger partial charge in [0, 0.05) is 42.3 Å². The second-order valence-electron chi connectivity index (χ2n) is 10.4. The Morgan fingerprint density at radius 2 is 1.85 bits per heavy atom. The summed E-state index contributed by atoms with van der Waals surface area (Å²) >= 11 is 0. The van der Waals surface area contributed by atoms with Crippen molar-refractivity contribution in [2.24, 2.45) is 13.0 Å². The predicted molar refractivity (Wildman–Crippen MR) is 145 cm³/mol.